The van der Waals surface area contributed by atoms with Crippen molar-refractivity contribution in [3.05, 3.63) is 24.3 Å². The predicted molar refractivity (Wildman–Crippen MR) is 76.5 cm³/mol. The number of hydrogen-bond acceptors (Lipinski definition) is 4. The summed E-state index contributed by atoms with van der Waals surface area (Å²) in [5.41, 5.74) is 6.61. The van der Waals surface area contributed by atoms with Crippen molar-refractivity contribution in [2.24, 2.45) is 5.73 Å². The van der Waals surface area contributed by atoms with Crippen LogP contribution in [0.5, 0.6) is 0 Å². The van der Waals surface area contributed by atoms with Crippen LogP contribution in [0.3, 0.4) is 0 Å². The first-order valence-electron chi connectivity index (χ1n) is 6.57. The Hall–Kier alpha value is -1.11. The lowest BCUT2D eigenvalue weighted by Crippen LogP contribution is -2.35. The van der Waals surface area contributed by atoms with Gasteiger partial charge in [-0.3, -0.25) is 0 Å². The van der Waals surface area contributed by atoms with Crippen molar-refractivity contribution < 1.29 is 8.42 Å². The van der Waals surface area contributed by atoms with E-state index in [0.29, 0.717) is 5.69 Å². The SMILES string of the molecule is CNS(=O)(=O)c1ccccc1NC1CCCC(N)C1. The van der Waals surface area contributed by atoms with E-state index in [1.165, 1.54) is 7.05 Å². The zero-order valence-corrected chi connectivity index (χ0v) is 11.9. The van der Waals surface area contributed by atoms with Crippen LogP contribution in [0.25, 0.3) is 0 Å². The van der Waals surface area contributed by atoms with Crippen LogP contribution < -0.4 is 15.8 Å². The monoisotopic (exact) mass is 283 g/mol. The van der Waals surface area contributed by atoms with Gasteiger partial charge in [-0.15, -0.1) is 0 Å². The Balaban J connectivity index is 2.21. The molecule has 106 valence electrons. The van der Waals surface area contributed by atoms with E-state index in [0.717, 1.165) is 25.7 Å². The molecule has 0 amide bonds. The molecule has 1 aromatic carbocycles. The molecule has 1 aliphatic carbocycles. The van der Waals surface area contributed by atoms with Gasteiger partial charge in [0.2, 0.25) is 10.0 Å². The van der Waals surface area contributed by atoms with Gasteiger partial charge < -0.3 is 11.1 Å². The molecule has 1 aromatic rings. The quantitative estimate of drug-likeness (QED) is 0.777. The standard InChI is InChI=1S/C13H21N3O2S/c1-15-19(17,18)13-8-3-2-7-12(13)16-11-6-4-5-10(14)9-11/h2-3,7-8,10-11,15-16H,4-6,9,14H2,1H3. The third-order valence-electron chi connectivity index (χ3n) is 3.52. The summed E-state index contributed by atoms with van der Waals surface area (Å²) in [6.07, 6.45) is 4.05. The summed E-state index contributed by atoms with van der Waals surface area (Å²) in [6, 6.07) is 7.42. The van der Waals surface area contributed by atoms with Crippen LogP contribution >= 0.6 is 0 Å². The van der Waals surface area contributed by atoms with Gasteiger partial charge in [0.1, 0.15) is 4.90 Å². The second kappa shape index (κ2) is 5.90. The second-order valence-electron chi connectivity index (χ2n) is 4.97. The summed E-state index contributed by atoms with van der Waals surface area (Å²) in [5.74, 6) is 0. The van der Waals surface area contributed by atoms with Gasteiger partial charge in [0.05, 0.1) is 5.69 Å². The third-order valence-corrected chi connectivity index (χ3v) is 4.99. The Morgan fingerprint density at radius 2 is 2.00 bits per heavy atom. The summed E-state index contributed by atoms with van der Waals surface area (Å²) in [7, 11) is -2.02. The molecule has 0 aliphatic heterocycles. The number of nitrogens with one attached hydrogen (secondary N) is 2. The molecule has 2 rings (SSSR count). The van der Waals surface area contributed by atoms with Gasteiger partial charge >= 0.3 is 0 Å². The number of anilines is 1. The molecule has 0 saturated heterocycles. The lowest BCUT2D eigenvalue weighted by atomic mass is 9.91. The highest BCUT2D eigenvalue weighted by Crippen LogP contribution is 2.25. The van der Waals surface area contributed by atoms with Crippen molar-refractivity contribution in [3.63, 3.8) is 0 Å². The molecule has 1 aliphatic rings. The molecule has 5 nitrogen and oxygen atoms in total. The summed E-state index contributed by atoms with van der Waals surface area (Å²) in [5, 5.41) is 3.32. The molecule has 0 spiro atoms. The second-order valence-corrected chi connectivity index (χ2v) is 6.83. The van der Waals surface area contributed by atoms with Gasteiger partial charge in [0.25, 0.3) is 0 Å². The molecule has 1 saturated carbocycles. The molecular weight excluding hydrogens is 262 g/mol. The van der Waals surface area contributed by atoms with E-state index >= 15 is 0 Å². The smallest absolute Gasteiger partial charge is 0.242 e. The Labute approximate surface area is 114 Å². The van der Waals surface area contributed by atoms with Gasteiger partial charge in [-0.05, 0) is 44.9 Å². The van der Waals surface area contributed by atoms with Crippen LogP contribution in [0.1, 0.15) is 25.7 Å². The van der Waals surface area contributed by atoms with E-state index < -0.39 is 10.0 Å². The Kier molecular flexibility index (Phi) is 4.44. The zero-order chi connectivity index (χ0) is 13.9. The number of sulfonamides is 1. The number of benzene rings is 1. The summed E-state index contributed by atoms with van der Waals surface area (Å²) in [6.45, 7) is 0. The number of rotatable bonds is 4. The van der Waals surface area contributed by atoms with Gasteiger partial charge in [0.15, 0.2) is 0 Å². The van der Waals surface area contributed by atoms with Crippen molar-refractivity contribution >= 4 is 15.7 Å². The molecule has 2 atom stereocenters. The van der Waals surface area contributed by atoms with Gasteiger partial charge in [-0.2, -0.15) is 0 Å². The molecule has 1 fully saturated rings. The van der Waals surface area contributed by atoms with Crippen LogP contribution in [0.2, 0.25) is 0 Å². The largest absolute Gasteiger partial charge is 0.381 e. The molecule has 0 heterocycles. The first kappa shape index (κ1) is 14.3. The molecular formula is C13H21N3O2S. The Bertz CT molecular complexity index is 530. The van der Waals surface area contributed by atoms with E-state index in [-0.39, 0.29) is 17.0 Å². The number of hydrogen-bond donors (Lipinski definition) is 3. The average molecular weight is 283 g/mol. The molecule has 0 aromatic heterocycles. The topological polar surface area (TPSA) is 84.2 Å². The van der Waals surface area contributed by atoms with Gasteiger partial charge in [-0.25, -0.2) is 13.1 Å². The molecule has 19 heavy (non-hydrogen) atoms. The van der Waals surface area contributed by atoms with Crippen LogP contribution in [0.15, 0.2) is 29.2 Å². The molecule has 0 radical (unpaired) electrons. The molecule has 4 N–H and O–H groups in total. The Morgan fingerprint density at radius 1 is 1.26 bits per heavy atom. The number of para-hydroxylation sites is 1. The average Bonchev–Trinajstić information content (AvgIpc) is 2.39. The fraction of sp³-hybridized carbons (Fsp3) is 0.538. The number of nitrogens with two attached hydrogens (primary N) is 1. The van der Waals surface area contributed by atoms with Crippen molar-refractivity contribution in [1.29, 1.82) is 0 Å². The van der Waals surface area contributed by atoms with E-state index in [1.807, 2.05) is 6.07 Å². The molecule has 0 bridgehead atoms. The maximum atomic E-state index is 12.0. The lowest BCUT2D eigenvalue weighted by molar-refractivity contribution is 0.409. The predicted octanol–water partition coefficient (Wildman–Crippen LogP) is 1.28. The minimum absolute atomic E-state index is 0.208. The van der Waals surface area contributed by atoms with E-state index in [1.54, 1.807) is 18.2 Å². The first-order valence-corrected chi connectivity index (χ1v) is 8.06. The van der Waals surface area contributed by atoms with Gasteiger partial charge in [0, 0.05) is 12.1 Å². The summed E-state index contributed by atoms with van der Waals surface area (Å²) >= 11 is 0. The van der Waals surface area contributed by atoms with E-state index in [4.69, 9.17) is 5.73 Å². The van der Waals surface area contributed by atoms with E-state index in [2.05, 4.69) is 10.0 Å². The molecule has 2 unspecified atom stereocenters. The van der Waals surface area contributed by atoms with Crippen LogP contribution in [-0.2, 0) is 10.0 Å². The normalized spacial score (nSPS) is 24.1. The minimum atomic E-state index is -3.44. The van der Waals surface area contributed by atoms with Crippen LogP contribution in [-0.4, -0.2) is 27.5 Å². The highest BCUT2D eigenvalue weighted by molar-refractivity contribution is 7.89. The maximum Gasteiger partial charge on any atom is 0.242 e. The molecule has 6 heteroatoms. The fourth-order valence-corrected chi connectivity index (χ4v) is 3.40. The fourth-order valence-electron chi connectivity index (χ4n) is 2.51. The van der Waals surface area contributed by atoms with Crippen LogP contribution in [0.4, 0.5) is 5.69 Å². The van der Waals surface area contributed by atoms with Crippen molar-refractivity contribution in [2.75, 3.05) is 12.4 Å². The zero-order valence-electron chi connectivity index (χ0n) is 11.1. The third kappa shape index (κ3) is 3.46. The first-order chi connectivity index (χ1) is 9.03. The van der Waals surface area contributed by atoms with E-state index in [9.17, 15) is 8.42 Å². The lowest BCUT2D eigenvalue weighted by Gasteiger charge is -2.28. The maximum absolute atomic E-state index is 12.0. The highest BCUT2D eigenvalue weighted by atomic mass is 32.2. The Morgan fingerprint density at radius 3 is 2.68 bits per heavy atom. The highest BCUT2D eigenvalue weighted by Gasteiger charge is 2.22. The van der Waals surface area contributed by atoms with Crippen molar-refractivity contribution in [2.45, 2.75) is 42.7 Å². The van der Waals surface area contributed by atoms with Crippen LogP contribution in [0, 0.1) is 0 Å². The summed E-state index contributed by atoms with van der Waals surface area (Å²) < 4.78 is 26.3. The van der Waals surface area contributed by atoms with Crippen molar-refractivity contribution in [3.8, 4) is 0 Å². The summed E-state index contributed by atoms with van der Waals surface area (Å²) in [4.78, 5) is 0.289. The van der Waals surface area contributed by atoms with Gasteiger partial charge in [-0.1, -0.05) is 12.1 Å². The minimum Gasteiger partial charge on any atom is -0.381 e. The van der Waals surface area contributed by atoms with Crippen molar-refractivity contribution in [1.82, 2.24) is 4.72 Å².